The number of ether oxygens (including phenoxy) is 3. The highest BCUT2D eigenvalue weighted by Crippen LogP contribution is 2.47. The molecule has 4 rings (SSSR count). The van der Waals surface area contributed by atoms with E-state index in [1.807, 2.05) is 9.80 Å². The number of rotatable bonds is 14. The monoisotopic (exact) mass is 589 g/mol. The van der Waals surface area contributed by atoms with E-state index < -0.39 is 29.9 Å². The standard InChI is InChI=1S/C29H43N5O8/c1-4-5-10-32(11-6-9-30)25(36)17-34-16-20(19-14-22(40-3)27-23(15-19)41-18-42-27)26(28(37)38)21(34)7-12-33-13-8-24(35)31(2)29(33)39/h14-15,20-21,26H,4-13,16-18,30H2,1-3H3,(H,37,38)/t20-,21+,26?/m1/s1. The molecule has 1 unspecified atom stereocenters. The van der Waals surface area contributed by atoms with Crippen molar-refractivity contribution in [3.8, 4) is 17.2 Å². The number of nitrogens with zero attached hydrogens (tertiary/aromatic N) is 4. The summed E-state index contributed by atoms with van der Waals surface area (Å²) in [6, 6.07) is 2.63. The highest BCUT2D eigenvalue weighted by atomic mass is 16.7. The average Bonchev–Trinajstić information content (AvgIpc) is 3.60. The van der Waals surface area contributed by atoms with E-state index in [4.69, 9.17) is 19.9 Å². The quantitative estimate of drug-likeness (QED) is 0.326. The van der Waals surface area contributed by atoms with Crippen LogP contribution in [0.2, 0.25) is 0 Å². The fourth-order valence-corrected chi connectivity index (χ4v) is 6.13. The van der Waals surface area contributed by atoms with Crippen LogP contribution in [0.3, 0.4) is 0 Å². The van der Waals surface area contributed by atoms with E-state index in [9.17, 15) is 24.3 Å². The number of methoxy groups -OCH3 is 1. The van der Waals surface area contributed by atoms with Crippen LogP contribution < -0.4 is 19.9 Å². The highest BCUT2D eigenvalue weighted by molar-refractivity contribution is 5.96. The minimum atomic E-state index is -0.986. The second-order valence-electron chi connectivity index (χ2n) is 11.1. The van der Waals surface area contributed by atoms with Crippen molar-refractivity contribution < 1.29 is 38.5 Å². The van der Waals surface area contributed by atoms with E-state index >= 15 is 0 Å². The van der Waals surface area contributed by atoms with Crippen molar-refractivity contribution in [1.82, 2.24) is 19.6 Å². The van der Waals surface area contributed by atoms with E-state index in [1.165, 1.54) is 14.2 Å². The molecule has 0 spiro atoms. The number of benzene rings is 1. The molecular weight excluding hydrogens is 546 g/mol. The second-order valence-corrected chi connectivity index (χ2v) is 11.1. The number of carbonyl (C=O) groups excluding carboxylic acids is 3. The zero-order valence-electron chi connectivity index (χ0n) is 24.8. The summed E-state index contributed by atoms with van der Waals surface area (Å²) in [5, 5.41) is 10.5. The lowest BCUT2D eigenvalue weighted by Crippen LogP contribution is -2.52. The Labute approximate surface area is 246 Å². The number of hydrogen-bond acceptors (Lipinski definition) is 9. The van der Waals surface area contributed by atoms with Crippen molar-refractivity contribution in [2.24, 2.45) is 11.7 Å². The second kappa shape index (κ2) is 14.1. The van der Waals surface area contributed by atoms with E-state index in [-0.39, 0.29) is 44.7 Å². The number of amides is 4. The molecule has 13 heteroatoms. The zero-order valence-corrected chi connectivity index (χ0v) is 24.8. The number of unbranched alkanes of at least 4 members (excludes halogenated alkanes) is 1. The fraction of sp³-hybridized carbons (Fsp3) is 0.655. The smallest absolute Gasteiger partial charge is 0.326 e. The van der Waals surface area contributed by atoms with Gasteiger partial charge in [-0.1, -0.05) is 13.3 Å². The predicted molar refractivity (Wildman–Crippen MR) is 152 cm³/mol. The van der Waals surface area contributed by atoms with Crippen LogP contribution in [0.5, 0.6) is 17.2 Å². The number of aliphatic carboxylic acids is 1. The van der Waals surface area contributed by atoms with Gasteiger partial charge in [0, 0.05) is 58.2 Å². The maximum atomic E-state index is 13.6. The molecule has 1 aromatic carbocycles. The van der Waals surface area contributed by atoms with Crippen molar-refractivity contribution in [3.05, 3.63) is 17.7 Å². The van der Waals surface area contributed by atoms with Crippen LogP contribution in [-0.4, -0.2) is 121 Å². The molecule has 42 heavy (non-hydrogen) atoms. The Morgan fingerprint density at radius 1 is 1.19 bits per heavy atom. The molecule has 4 amide bonds. The molecule has 232 valence electrons. The van der Waals surface area contributed by atoms with Gasteiger partial charge in [0.1, 0.15) is 0 Å². The van der Waals surface area contributed by atoms with Gasteiger partial charge in [-0.2, -0.15) is 0 Å². The minimum absolute atomic E-state index is 0.0443. The molecule has 0 aliphatic carbocycles. The molecular formula is C29H43N5O8. The molecule has 0 bridgehead atoms. The predicted octanol–water partition coefficient (Wildman–Crippen LogP) is 1.54. The van der Waals surface area contributed by atoms with Crippen LogP contribution in [0.15, 0.2) is 12.1 Å². The van der Waals surface area contributed by atoms with Crippen LogP contribution >= 0.6 is 0 Å². The lowest BCUT2D eigenvalue weighted by atomic mass is 9.84. The summed E-state index contributed by atoms with van der Waals surface area (Å²) >= 11 is 0. The van der Waals surface area contributed by atoms with Crippen molar-refractivity contribution in [3.63, 3.8) is 0 Å². The maximum Gasteiger partial charge on any atom is 0.326 e. The lowest BCUT2D eigenvalue weighted by molar-refractivity contribution is -0.144. The number of likely N-dealkylation sites (tertiary alicyclic amines) is 1. The van der Waals surface area contributed by atoms with Crippen molar-refractivity contribution in [2.75, 3.05) is 66.8 Å². The van der Waals surface area contributed by atoms with Crippen LogP contribution in [0.25, 0.3) is 0 Å². The summed E-state index contributed by atoms with van der Waals surface area (Å²) in [4.78, 5) is 57.7. The molecule has 3 atom stereocenters. The largest absolute Gasteiger partial charge is 0.493 e. The Hall–Kier alpha value is -3.58. The van der Waals surface area contributed by atoms with E-state index in [1.54, 1.807) is 17.0 Å². The molecule has 0 aromatic heterocycles. The molecule has 0 radical (unpaired) electrons. The minimum Gasteiger partial charge on any atom is -0.493 e. The Kier molecular flexibility index (Phi) is 10.5. The van der Waals surface area contributed by atoms with Crippen molar-refractivity contribution >= 4 is 23.8 Å². The lowest BCUT2D eigenvalue weighted by Gasteiger charge is -2.34. The average molecular weight is 590 g/mol. The van der Waals surface area contributed by atoms with Gasteiger partial charge in [0.05, 0.1) is 19.6 Å². The van der Waals surface area contributed by atoms with E-state index in [0.29, 0.717) is 61.8 Å². The topological polar surface area (TPSA) is 155 Å². The summed E-state index contributed by atoms with van der Waals surface area (Å²) in [5.41, 5.74) is 6.44. The Balaban J connectivity index is 1.63. The fourth-order valence-electron chi connectivity index (χ4n) is 6.13. The molecule has 3 N–H and O–H groups in total. The molecule has 3 heterocycles. The molecule has 2 saturated heterocycles. The first-order valence-electron chi connectivity index (χ1n) is 14.7. The normalized spacial score (nSPS) is 22.1. The van der Waals surface area contributed by atoms with Gasteiger partial charge in [-0.25, -0.2) is 4.79 Å². The summed E-state index contributed by atoms with van der Waals surface area (Å²) in [6.45, 7) is 4.65. The van der Waals surface area contributed by atoms with Gasteiger partial charge in [-0.3, -0.25) is 24.2 Å². The number of fused-ring (bicyclic) bond motifs is 1. The van der Waals surface area contributed by atoms with Crippen LogP contribution in [-0.2, 0) is 14.4 Å². The summed E-state index contributed by atoms with van der Waals surface area (Å²) < 4.78 is 16.7. The number of nitrogens with two attached hydrogens (primary N) is 1. The van der Waals surface area contributed by atoms with Gasteiger partial charge in [0.2, 0.25) is 24.4 Å². The number of carbonyl (C=O) groups is 4. The third-order valence-electron chi connectivity index (χ3n) is 8.47. The number of hydrogen-bond donors (Lipinski definition) is 2. The Bertz CT molecular complexity index is 1160. The molecule has 3 aliphatic rings. The number of imide groups is 1. The van der Waals surface area contributed by atoms with Gasteiger partial charge in [-0.15, -0.1) is 0 Å². The van der Waals surface area contributed by atoms with Crippen molar-refractivity contribution in [1.29, 1.82) is 0 Å². The third kappa shape index (κ3) is 6.73. The highest BCUT2D eigenvalue weighted by Gasteiger charge is 2.48. The summed E-state index contributed by atoms with van der Waals surface area (Å²) in [6.07, 6.45) is 3.02. The maximum absolute atomic E-state index is 13.6. The SMILES string of the molecule is CCCCN(CCCN)C(=O)CN1C[C@H](c2cc(OC)c3c(c2)OCO3)C(C(=O)O)[C@@H]1CCN1CCC(=O)N(C)C1=O. The summed E-state index contributed by atoms with van der Waals surface area (Å²) in [5.74, 6) is -1.23. The Morgan fingerprint density at radius 3 is 2.64 bits per heavy atom. The van der Waals surface area contributed by atoms with E-state index in [2.05, 4.69) is 6.92 Å². The number of carboxylic acid groups (broad SMARTS) is 1. The molecule has 1 aromatic rings. The number of urea groups is 1. The van der Waals surface area contributed by atoms with Gasteiger partial charge >= 0.3 is 12.0 Å². The van der Waals surface area contributed by atoms with Gasteiger partial charge in [0.15, 0.2) is 11.5 Å². The first-order chi connectivity index (χ1) is 20.2. The summed E-state index contributed by atoms with van der Waals surface area (Å²) in [7, 11) is 2.97. The van der Waals surface area contributed by atoms with Crippen molar-refractivity contribution in [2.45, 2.75) is 51.0 Å². The molecule has 2 fully saturated rings. The Morgan fingerprint density at radius 2 is 1.95 bits per heavy atom. The third-order valence-corrected chi connectivity index (χ3v) is 8.47. The van der Waals surface area contributed by atoms with Gasteiger partial charge < -0.3 is 34.9 Å². The van der Waals surface area contributed by atoms with Crippen LogP contribution in [0.1, 0.15) is 50.5 Å². The van der Waals surface area contributed by atoms with Crippen LogP contribution in [0.4, 0.5) is 4.79 Å². The first kappa shape index (κ1) is 31.4. The van der Waals surface area contributed by atoms with Crippen LogP contribution in [0, 0.1) is 5.92 Å². The zero-order chi connectivity index (χ0) is 30.4. The molecule has 3 aliphatic heterocycles. The van der Waals surface area contributed by atoms with E-state index in [0.717, 1.165) is 17.7 Å². The van der Waals surface area contributed by atoms with Gasteiger partial charge in [0.25, 0.3) is 0 Å². The first-order valence-corrected chi connectivity index (χ1v) is 14.7. The molecule has 0 saturated carbocycles. The molecule has 13 nitrogen and oxygen atoms in total. The van der Waals surface area contributed by atoms with Gasteiger partial charge in [-0.05, 0) is 43.5 Å². The number of carboxylic acids is 1.